The highest BCUT2D eigenvalue weighted by atomic mass is 19.4. The molecule has 0 radical (unpaired) electrons. The Bertz CT molecular complexity index is 1690. The van der Waals surface area contributed by atoms with Crippen LogP contribution in [0.15, 0.2) is 18.5 Å². The summed E-state index contributed by atoms with van der Waals surface area (Å²) in [4.78, 5) is 36.0. The largest absolute Gasteiger partial charge is 0.393 e. The second-order valence-electron chi connectivity index (χ2n) is 14.0. The highest BCUT2D eigenvalue weighted by Crippen LogP contribution is 2.43. The monoisotopic (exact) mass is 693 g/mol. The Kier molecular flexibility index (Phi) is 8.86. The molecule has 1 unspecified atom stereocenters. The fraction of sp³-hybridized carbons (Fsp3) is 0.688. The lowest BCUT2D eigenvalue weighted by atomic mass is 9.78. The zero-order valence-corrected chi connectivity index (χ0v) is 27.1. The molecule has 266 valence electrons. The number of aromatic nitrogens is 6. The number of alkyl halides is 5. The Morgan fingerprint density at radius 3 is 2.65 bits per heavy atom. The molecule has 0 aromatic carbocycles. The Labute approximate surface area is 278 Å². The van der Waals surface area contributed by atoms with E-state index < -0.39 is 48.3 Å². The predicted molar refractivity (Wildman–Crippen MR) is 164 cm³/mol. The predicted octanol–water partition coefficient (Wildman–Crippen LogP) is 3.73. The summed E-state index contributed by atoms with van der Waals surface area (Å²) < 4.78 is 78.6. The van der Waals surface area contributed by atoms with Gasteiger partial charge in [0.25, 0.3) is 11.7 Å². The van der Waals surface area contributed by atoms with Crippen LogP contribution in [-0.2, 0) is 22.5 Å². The highest BCUT2D eigenvalue weighted by Gasteiger charge is 2.47. The molecule has 3 aromatic rings. The van der Waals surface area contributed by atoms with Crippen molar-refractivity contribution < 1.29 is 36.3 Å². The van der Waals surface area contributed by atoms with Gasteiger partial charge in [-0.15, -0.1) is 0 Å². The minimum atomic E-state index is -4.45. The van der Waals surface area contributed by atoms with Crippen molar-refractivity contribution in [1.29, 1.82) is 0 Å². The van der Waals surface area contributed by atoms with Crippen LogP contribution >= 0.6 is 0 Å². The minimum Gasteiger partial charge on any atom is -0.372 e. The molecular formula is C32H40F5N9O3. The van der Waals surface area contributed by atoms with Gasteiger partial charge in [-0.2, -0.15) is 23.4 Å². The number of nitrogens with one attached hydrogen (secondary N) is 3. The molecule has 49 heavy (non-hydrogen) atoms. The summed E-state index contributed by atoms with van der Waals surface area (Å²) in [5.74, 6) is -6.59. The van der Waals surface area contributed by atoms with Crippen LogP contribution < -0.4 is 16.0 Å². The number of carbonyl (C=O) groups is 2. The maximum absolute atomic E-state index is 14.2. The fourth-order valence-electron chi connectivity index (χ4n) is 7.80. The van der Waals surface area contributed by atoms with Crippen LogP contribution in [0, 0.1) is 17.8 Å². The van der Waals surface area contributed by atoms with Crippen LogP contribution in [0.4, 0.5) is 22.0 Å². The summed E-state index contributed by atoms with van der Waals surface area (Å²) in [6.45, 7) is 3.64. The smallest absolute Gasteiger partial charge is 0.372 e. The van der Waals surface area contributed by atoms with E-state index in [1.54, 1.807) is 12.3 Å². The molecule has 4 atom stereocenters. The second kappa shape index (κ2) is 12.9. The molecule has 1 aliphatic carbocycles. The lowest BCUT2D eigenvalue weighted by molar-refractivity contribution is -0.183. The molecule has 2 amide bonds. The molecule has 1 spiro atoms. The molecule has 1 saturated carbocycles. The van der Waals surface area contributed by atoms with Crippen molar-refractivity contribution in [1.82, 2.24) is 45.3 Å². The van der Waals surface area contributed by atoms with Gasteiger partial charge in [-0.25, -0.2) is 23.3 Å². The number of hydrogen-bond donors (Lipinski definition) is 3. The number of aryl methyl sites for hydroxylation is 1. The van der Waals surface area contributed by atoms with Gasteiger partial charge < -0.3 is 20.7 Å². The summed E-state index contributed by atoms with van der Waals surface area (Å²) >= 11 is 0. The quantitative estimate of drug-likeness (QED) is 0.304. The number of fused-ring (bicyclic) bond motifs is 1. The van der Waals surface area contributed by atoms with Gasteiger partial charge in [-0.05, 0) is 51.0 Å². The molecule has 4 fully saturated rings. The first kappa shape index (κ1) is 33.8. The highest BCUT2D eigenvalue weighted by molar-refractivity contribution is 5.92. The van der Waals surface area contributed by atoms with Gasteiger partial charge in [0, 0.05) is 70.1 Å². The lowest BCUT2D eigenvalue weighted by Crippen LogP contribution is -2.63. The lowest BCUT2D eigenvalue weighted by Gasteiger charge is -2.47. The zero-order chi connectivity index (χ0) is 34.6. The van der Waals surface area contributed by atoms with Gasteiger partial charge in [0.05, 0.1) is 40.8 Å². The summed E-state index contributed by atoms with van der Waals surface area (Å²) in [5.41, 5.74) is 1.29. The molecule has 3 saturated heterocycles. The van der Waals surface area contributed by atoms with Crippen LogP contribution in [-0.4, -0.2) is 85.1 Å². The van der Waals surface area contributed by atoms with E-state index in [-0.39, 0.29) is 61.7 Å². The Morgan fingerprint density at radius 2 is 1.96 bits per heavy atom. The number of nitrogens with zero attached hydrogens (tertiary/aromatic N) is 6. The molecular weight excluding hydrogens is 653 g/mol. The van der Waals surface area contributed by atoms with E-state index in [1.165, 1.54) is 15.4 Å². The van der Waals surface area contributed by atoms with E-state index in [4.69, 9.17) is 19.8 Å². The third-order valence-electron chi connectivity index (χ3n) is 10.7. The van der Waals surface area contributed by atoms with Crippen LogP contribution in [0.2, 0.25) is 0 Å². The SMILES string of the molecule is CCn1nccc1C(=O)N[C@H](c1cn2nc(C[C@H]3C[C@@H](C(F)(F)F)CNC3=O)c(C3CCOC4(CNC4)C3)nc2n1)C1CCC(F)(F)CC1. The fourth-order valence-corrected chi connectivity index (χ4v) is 7.80. The average molecular weight is 694 g/mol. The molecule has 4 aliphatic rings. The number of ether oxygens (including phenoxy) is 1. The Hall–Kier alpha value is -3.73. The maximum atomic E-state index is 14.2. The summed E-state index contributed by atoms with van der Waals surface area (Å²) in [5, 5.41) is 17.7. The Balaban J connectivity index is 1.25. The zero-order valence-electron chi connectivity index (χ0n) is 27.1. The molecule has 3 N–H and O–H groups in total. The molecule has 3 aliphatic heterocycles. The van der Waals surface area contributed by atoms with Crippen molar-refractivity contribution in [3.63, 3.8) is 0 Å². The van der Waals surface area contributed by atoms with Crippen LogP contribution in [0.1, 0.15) is 91.4 Å². The molecule has 0 bridgehead atoms. The summed E-state index contributed by atoms with van der Waals surface area (Å²) in [7, 11) is 0. The van der Waals surface area contributed by atoms with Crippen molar-refractivity contribution >= 4 is 17.6 Å². The van der Waals surface area contributed by atoms with Crippen molar-refractivity contribution in [2.24, 2.45) is 17.8 Å². The van der Waals surface area contributed by atoms with E-state index in [0.29, 0.717) is 61.9 Å². The normalized spacial score (nSPS) is 26.3. The minimum absolute atomic E-state index is 0.0499. The number of carbonyl (C=O) groups excluding carboxylic acids is 2. The standard InChI is InChI=1S/C32H40F5N9O3/c1-2-45-24(5-9-40-45)28(48)42-25(18-3-7-31(33,34)8-4-18)23-15-46-29(41-23)43-26(19-6-10-49-30(13-19)16-38-17-30)22(44-46)12-20-11-21(32(35,36)37)14-39-27(20)47/h5,9,15,18-21,25,38H,2-4,6-8,10-14,16-17H2,1H3,(H,39,47)(H,42,48)/t19?,20-,21-,25+/m1/s1. The maximum Gasteiger partial charge on any atom is 0.393 e. The van der Waals surface area contributed by atoms with Gasteiger partial charge >= 0.3 is 6.18 Å². The summed E-state index contributed by atoms with van der Waals surface area (Å²) in [6.07, 6.45) is -0.863. The molecule has 7 rings (SSSR count). The van der Waals surface area contributed by atoms with Crippen molar-refractivity contribution in [2.45, 2.75) is 94.5 Å². The molecule has 17 heteroatoms. The van der Waals surface area contributed by atoms with Crippen molar-refractivity contribution in [3.8, 4) is 0 Å². The van der Waals surface area contributed by atoms with Gasteiger partial charge in [0.2, 0.25) is 11.8 Å². The van der Waals surface area contributed by atoms with E-state index in [0.717, 1.165) is 0 Å². The third kappa shape index (κ3) is 6.87. The van der Waals surface area contributed by atoms with Crippen LogP contribution in [0.3, 0.4) is 0 Å². The number of halogens is 5. The van der Waals surface area contributed by atoms with Gasteiger partial charge in [0.1, 0.15) is 5.69 Å². The molecule has 3 aromatic heterocycles. The van der Waals surface area contributed by atoms with Gasteiger partial charge in [-0.1, -0.05) is 0 Å². The topological polar surface area (TPSA) is 140 Å². The Morgan fingerprint density at radius 1 is 1.18 bits per heavy atom. The third-order valence-corrected chi connectivity index (χ3v) is 10.7. The molecule has 6 heterocycles. The summed E-state index contributed by atoms with van der Waals surface area (Å²) in [6, 6.07) is 0.836. The first-order valence-electron chi connectivity index (χ1n) is 17.0. The van der Waals surface area contributed by atoms with Crippen LogP contribution in [0.5, 0.6) is 0 Å². The molecule has 12 nitrogen and oxygen atoms in total. The average Bonchev–Trinajstić information content (AvgIpc) is 3.70. The van der Waals surface area contributed by atoms with E-state index in [2.05, 4.69) is 21.0 Å². The number of rotatable bonds is 8. The van der Waals surface area contributed by atoms with E-state index >= 15 is 0 Å². The van der Waals surface area contributed by atoms with Crippen molar-refractivity contribution in [2.75, 3.05) is 26.2 Å². The second-order valence-corrected chi connectivity index (χ2v) is 14.0. The van der Waals surface area contributed by atoms with E-state index in [1.807, 2.05) is 6.92 Å². The number of imidazole rings is 1. The van der Waals surface area contributed by atoms with Crippen molar-refractivity contribution in [3.05, 3.63) is 41.2 Å². The number of amides is 2. The van der Waals surface area contributed by atoms with Gasteiger partial charge in [0.15, 0.2) is 0 Å². The first-order valence-corrected chi connectivity index (χ1v) is 17.0. The number of piperidine rings is 1. The van der Waals surface area contributed by atoms with Crippen LogP contribution in [0.25, 0.3) is 5.78 Å². The first-order chi connectivity index (χ1) is 23.3. The van der Waals surface area contributed by atoms with Gasteiger partial charge in [-0.3, -0.25) is 14.3 Å². The number of hydrogen-bond acceptors (Lipinski definition) is 8. The van der Waals surface area contributed by atoms with E-state index in [9.17, 15) is 31.5 Å².